The number of ether oxygens (including phenoxy) is 2. The van der Waals surface area contributed by atoms with Crippen LogP contribution >= 0.6 is 11.6 Å². The van der Waals surface area contributed by atoms with E-state index in [9.17, 15) is 13.2 Å². The van der Waals surface area contributed by atoms with E-state index in [0.29, 0.717) is 49.0 Å². The molecule has 0 saturated heterocycles. The highest BCUT2D eigenvalue weighted by atomic mass is 35.5. The van der Waals surface area contributed by atoms with Crippen LogP contribution in [-0.2, 0) is 27.8 Å². The number of fused-ring (bicyclic) bond motifs is 3. The number of hydrogen-bond acceptors (Lipinski definition) is 6. The molecular formula is C32H41ClN2O5S. The van der Waals surface area contributed by atoms with Crippen LogP contribution in [0, 0.1) is 11.8 Å². The second kappa shape index (κ2) is 13.2. The second-order valence-electron chi connectivity index (χ2n) is 11.5. The van der Waals surface area contributed by atoms with Crippen molar-refractivity contribution < 1.29 is 22.7 Å². The third-order valence-electron chi connectivity index (χ3n) is 8.97. The van der Waals surface area contributed by atoms with Gasteiger partial charge in [-0.05, 0) is 105 Å². The van der Waals surface area contributed by atoms with Gasteiger partial charge in [-0.1, -0.05) is 36.7 Å². The third kappa shape index (κ3) is 6.92. The fraction of sp³-hybridized carbons (Fsp3) is 0.531. The minimum absolute atomic E-state index is 0.0109. The molecule has 1 saturated carbocycles. The predicted molar refractivity (Wildman–Crippen MR) is 163 cm³/mol. The van der Waals surface area contributed by atoms with E-state index < -0.39 is 21.2 Å². The molecule has 2 aromatic rings. The molecule has 2 bridgehead atoms. The number of benzene rings is 2. The number of amides is 1. The molecule has 0 aromatic heterocycles. The lowest BCUT2D eigenvalue weighted by Gasteiger charge is -2.43. The van der Waals surface area contributed by atoms with Crippen molar-refractivity contribution in [1.29, 1.82) is 0 Å². The summed E-state index contributed by atoms with van der Waals surface area (Å²) < 4.78 is 41.1. The van der Waals surface area contributed by atoms with Crippen molar-refractivity contribution in [2.75, 3.05) is 25.1 Å². The molecule has 9 heteroatoms. The lowest BCUT2D eigenvalue weighted by Crippen LogP contribution is -2.44. The van der Waals surface area contributed by atoms with Crippen LogP contribution in [0.2, 0.25) is 5.02 Å². The third-order valence-corrected chi connectivity index (χ3v) is 11.1. The molecule has 1 N–H and O–H groups in total. The van der Waals surface area contributed by atoms with Crippen molar-refractivity contribution in [2.45, 2.75) is 76.3 Å². The maximum Gasteiger partial charge on any atom is 0.264 e. The zero-order chi connectivity index (χ0) is 29.0. The monoisotopic (exact) mass is 600 g/mol. The molecule has 5 rings (SSSR count). The second-order valence-corrected chi connectivity index (χ2v) is 13.9. The van der Waals surface area contributed by atoms with E-state index in [-0.39, 0.29) is 6.10 Å². The molecule has 41 heavy (non-hydrogen) atoms. The van der Waals surface area contributed by atoms with Gasteiger partial charge in [0.05, 0.1) is 17.0 Å². The van der Waals surface area contributed by atoms with E-state index in [1.54, 1.807) is 25.3 Å². The molecule has 7 nitrogen and oxygen atoms in total. The van der Waals surface area contributed by atoms with E-state index in [1.165, 1.54) is 5.56 Å². The topological polar surface area (TPSA) is 84.9 Å². The number of halogens is 1. The summed E-state index contributed by atoms with van der Waals surface area (Å²) in [7, 11) is -2.09. The van der Waals surface area contributed by atoms with Gasteiger partial charge in [0.2, 0.25) is 10.0 Å². The van der Waals surface area contributed by atoms with Crippen molar-refractivity contribution >= 4 is 33.2 Å². The highest BCUT2D eigenvalue weighted by Crippen LogP contribution is 2.41. The Morgan fingerprint density at radius 1 is 1.10 bits per heavy atom. The van der Waals surface area contributed by atoms with Gasteiger partial charge in [0.25, 0.3) is 5.91 Å². The van der Waals surface area contributed by atoms with Gasteiger partial charge in [-0.25, -0.2) is 13.1 Å². The van der Waals surface area contributed by atoms with Crippen LogP contribution in [0.4, 0.5) is 5.69 Å². The summed E-state index contributed by atoms with van der Waals surface area (Å²) in [6.45, 7) is 3.83. The summed E-state index contributed by atoms with van der Waals surface area (Å²) in [6.07, 6.45) is 10.7. The molecule has 2 aromatic carbocycles. The van der Waals surface area contributed by atoms with E-state index in [1.807, 2.05) is 31.2 Å². The van der Waals surface area contributed by atoms with Crippen LogP contribution in [0.25, 0.3) is 0 Å². The van der Waals surface area contributed by atoms with Crippen LogP contribution in [-0.4, -0.2) is 45.9 Å². The number of carbonyl (C=O) groups excluding carboxylic acids is 1. The van der Waals surface area contributed by atoms with Crippen LogP contribution in [0.15, 0.2) is 48.6 Å². The fourth-order valence-electron chi connectivity index (χ4n) is 6.38. The van der Waals surface area contributed by atoms with Gasteiger partial charge >= 0.3 is 0 Å². The molecule has 2 aliphatic heterocycles. The van der Waals surface area contributed by atoms with E-state index in [4.69, 9.17) is 21.1 Å². The standard InChI is InChI=1S/C32H41ClN2O5S/c1-3-27-9-4-5-10-30(39-2)28-15-12-24(28)20-35-17-7-6-8-22-18-26(33)14-11-25(22)21-40-31-16-13-23(19-29(31)35)32(36)34-41(27,37)38/h5,10-11,13-14,16,18-19,24,27-28,30H,3-4,6-9,12,15,17,20-21H2,1-2H3,(H,34,36)/b10-5+/t24?,27-,28?,30+/m1/s1. The first kappa shape index (κ1) is 29.9. The number of hydrogen-bond donors (Lipinski definition) is 1. The average Bonchev–Trinajstić information content (AvgIpc) is 2.96. The number of rotatable bonds is 2. The van der Waals surface area contributed by atoms with Crippen molar-refractivity contribution in [2.24, 2.45) is 11.8 Å². The van der Waals surface area contributed by atoms with Crippen LogP contribution in [0.5, 0.6) is 5.75 Å². The zero-order valence-corrected chi connectivity index (χ0v) is 25.6. The van der Waals surface area contributed by atoms with Gasteiger partial charge in [0.15, 0.2) is 0 Å². The molecule has 4 atom stereocenters. The first-order chi connectivity index (χ1) is 19.8. The summed E-state index contributed by atoms with van der Waals surface area (Å²) in [5.41, 5.74) is 3.42. The summed E-state index contributed by atoms with van der Waals surface area (Å²) in [5.74, 6) is 0.894. The Labute approximate surface area is 249 Å². The fourth-order valence-corrected chi connectivity index (χ4v) is 8.00. The Hall–Kier alpha value is -2.55. The average molecular weight is 601 g/mol. The van der Waals surface area contributed by atoms with Crippen molar-refractivity contribution in [1.82, 2.24) is 4.72 Å². The highest BCUT2D eigenvalue weighted by Gasteiger charge is 2.38. The Balaban J connectivity index is 1.54. The molecule has 1 fully saturated rings. The summed E-state index contributed by atoms with van der Waals surface area (Å²) in [5, 5.41) is 0.0634. The molecule has 1 amide bonds. The number of anilines is 1. The van der Waals surface area contributed by atoms with Crippen LogP contribution in [0.1, 0.15) is 73.4 Å². The number of nitrogens with zero attached hydrogens (tertiary/aromatic N) is 1. The largest absolute Gasteiger partial charge is 0.487 e. The molecule has 1 aliphatic carbocycles. The number of aryl methyl sites for hydroxylation is 1. The molecule has 3 aliphatic rings. The van der Waals surface area contributed by atoms with Crippen LogP contribution in [0.3, 0.4) is 0 Å². The number of carbonyl (C=O) groups is 1. The number of sulfonamides is 1. The molecule has 2 heterocycles. The summed E-state index contributed by atoms with van der Waals surface area (Å²) in [6, 6.07) is 11.2. The predicted octanol–water partition coefficient (Wildman–Crippen LogP) is 6.29. The maximum atomic E-state index is 13.3. The first-order valence-electron chi connectivity index (χ1n) is 14.8. The van der Waals surface area contributed by atoms with Crippen LogP contribution < -0.4 is 14.4 Å². The van der Waals surface area contributed by atoms with Gasteiger partial charge in [-0.3, -0.25) is 4.79 Å². The minimum Gasteiger partial charge on any atom is -0.487 e. The van der Waals surface area contributed by atoms with Gasteiger partial charge in [0.1, 0.15) is 12.4 Å². The van der Waals surface area contributed by atoms with E-state index in [0.717, 1.165) is 61.5 Å². The lowest BCUT2D eigenvalue weighted by molar-refractivity contribution is 0.0134. The number of methoxy groups -OCH3 is 1. The molecule has 222 valence electrons. The van der Waals surface area contributed by atoms with Crippen molar-refractivity contribution in [3.8, 4) is 5.75 Å². The minimum atomic E-state index is -3.85. The van der Waals surface area contributed by atoms with Gasteiger partial charge in [-0.15, -0.1) is 0 Å². The Morgan fingerprint density at radius 2 is 1.95 bits per heavy atom. The summed E-state index contributed by atoms with van der Waals surface area (Å²) >= 11 is 6.31. The SMILES string of the molecule is CC[C@@H]1CC/C=C/[C@H](OC)C2CCC2CN2CCCCc3cc(Cl)ccc3COc3ccc(cc32)C(=O)NS1(=O)=O. The number of allylic oxidation sites excluding steroid dienone is 1. The molecule has 0 spiro atoms. The Bertz CT molecular complexity index is 1380. The zero-order valence-electron chi connectivity index (χ0n) is 24.0. The van der Waals surface area contributed by atoms with Gasteiger partial charge in [0, 0.05) is 30.8 Å². The Kier molecular flexibility index (Phi) is 9.62. The maximum absolute atomic E-state index is 13.3. The van der Waals surface area contributed by atoms with Gasteiger partial charge < -0.3 is 14.4 Å². The van der Waals surface area contributed by atoms with E-state index in [2.05, 4.69) is 15.7 Å². The summed E-state index contributed by atoms with van der Waals surface area (Å²) in [4.78, 5) is 15.6. The van der Waals surface area contributed by atoms with Crippen molar-refractivity contribution in [3.05, 3.63) is 70.3 Å². The Morgan fingerprint density at radius 3 is 2.71 bits per heavy atom. The number of nitrogens with one attached hydrogen (secondary N) is 1. The lowest BCUT2D eigenvalue weighted by atomic mass is 9.70. The molecular weight excluding hydrogens is 560 g/mol. The normalized spacial score (nSPS) is 27.6. The first-order valence-corrected chi connectivity index (χ1v) is 16.8. The van der Waals surface area contributed by atoms with E-state index >= 15 is 0 Å². The smallest absolute Gasteiger partial charge is 0.264 e. The van der Waals surface area contributed by atoms with Gasteiger partial charge in [-0.2, -0.15) is 0 Å². The highest BCUT2D eigenvalue weighted by molar-refractivity contribution is 7.90. The molecule has 0 radical (unpaired) electrons. The molecule has 2 unspecified atom stereocenters. The quantitative estimate of drug-likeness (QED) is 0.408. The van der Waals surface area contributed by atoms with Crippen molar-refractivity contribution in [3.63, 3.8) is 0 Å².